The minimum atomic E-state index is -0.833. The lowest BCUT2D eigenvalue weighted by Gasteiger charge is -2.00. The summed E-state index contributed by atoms with van der Waals surface area (Å²) >= 11 is 0. The second kappa shape index (κ2) is 5.60. The molecular formula is C12H12N2O3. The Hall–Kier alpha value is -2.43. The predicted octanol–water partition coefficient (Wildman–Crippen LogP) is 1.42. The zero-order chi connectivity index (χ0) is 12.8. The molecule has 0 aliphatic rings. The van der Waals surface area contributed by atoms with E-state index in [2.05, 4.69) is 4.98 Å². The summed E-state index contributed by atoms with van der Waals surface area (Å²) in [5.41, 5.74) is 6.52. The molecule has 3 N–H and O–H groups in total. The van der Waals surface area contributed by atoms with E-state index in [0.29, 0.717) is 5.56 Å². The number of aromatic nitrogens is 1. The Bertz CT molecular complexity index is 543. The number of aliphatic carboxylic acids is 1. The van der Waals surface area contributed by atoms with E-state index in [-0.39, 0.29) is 0 Å². The summed E-state index contributed by atoms with van der Waals surface area (Å²) in [5, 5.41) is 8.22. The van der Waals surface area contributed by atoms with E-state index in [1.165, 1.54) is 0 Å². The van der Waals surface area contributed by atoms with Crippen molar-refractivity contribution in [1.29, 1.82) is 0 Å². The van der Waals surface area contributed by atoms with Crippen molar-refractivity contribution in [3.8, 4) is 0 Å². The van der Waals surface area contributed by atoms with Crippen LogP contribution in [0.2, 0.25) is 0 Å². The number of benzene rings is 1. The quantitative estimate of drug-likeness (QED) is 0.777. The van der Waals surface area contributed by atoms with Crippen LogP contribution in [0, 0.1) is 0 Å². The van der Waals surface area contributed by atoms with Crippen LogP contribution in [-0.2, 0) is 4.79 Å². The molecule has 88 valence electrons. The molecule has 1 heterocycles. The second-order valence-corrected chi connectivity index (χ2v) is 3.26. The van der Waals surface area contributed by atoms with Gasteiger partial charge >= 0.3 is 0 Å². The molecule has 0 aliphatic heterocycles. The first-order chi connectivity index (χ1) is 8.02. The molecule has 0 saturated carbocycles. The van der Waals surface area contributed by atoms with Crippen molar-refractivity contribution < 1.29 is 14.7 Å². The summed E-state index contributed by atoms with van der Waals surface area (Å²) in [6.07, 6.45) is 1.59. The largest absolute Gasteiger partial charge is 0.481 e. The van der Waals surface area contributed by atoms with Crippen molar-refractivity contribution in [2.24, 2.45) is 5.73 Å². The Kier molecular flexibility index (Phi) is 4.16. The van der Waals surface area contributed by atoms with Gasteiger partial charge in [-0.25, -0.2) is 0 Å². The number of para-hydroxylation sites is 1. The fourth-order valence-electron chi connectivity index (χ4n) is 1.31. The van der Waals surface area contributed by atoms with E-state index >= 15 is 0 Å². The number of carbonyl (C=O) groups excluding carboxylic acids is 1. The fraction of sp³-hybridized carbons (Fsp3) is 0.0833. The Morgan fingerprint density at radius 3 is 2.41 bits per heavy atom. The first-order valence-corrected chi connectivity index (χ1v) is 4.85. The maximum Gasteiger partial charge on any atom is 0.300 e. The van der Waals surface area contributed by atoms with E-state index in [1.807, 2.05) is 24.3 Å². The Balaban J connectivity index is 0.000000317. The van der Waals surface area contributed by atoms with Gasteiger partial charge in [0.1, 0.15) is 0 Å². The van der Waals surface area contributed by atoms with E-state index in [4.69, 9.17) is 15.6 Å². The minimum Gasteiger partial charge on any atom is -0.481 e. The van der Waals surface area contributed by atoms with Crippen molar-refractivity contribution >= 4 is 22.8 Å². The molecule has 0 unspecified atom stereocenters. The van der Waals surface area contributed by atoms with E-state index < -0.39 is 11.9 Å². The van der Waals surface area contributed by atoms with Gasteiger partial charge in [-0.15, -0.1) is 0 Å². The number of carbonyl (C=O) groups is 2. The molecule has 2 aromatic rings. The Morgan fingerprint density at radius 1 is 1.24 bits per heavy atom. The number of hydrogen-bond donors (Lipinski definition) is 2. The van der Waals surface area contributed by atoms with Gasteiger partial charge in [0.05, 0.1) is 11.1 Å². The second-order valence-electron chi connectivity index (χ2n) is 3.26. The molecule has 2 rings (SSSR count). The maximum atomic E-state index is 11.0. The molecule has 0 fully saturated rings. The molecule has 0 atom stereocenters. The lowest BCUT2D eigenvalue weighted by molar-refractivity contribution is -0.134. The Morgan fingerprint density at radius 2 is 1.82 bits per heavy atom. The standard InChI is InChI=1S/C10H8N2O.C2H4O2/c11-10(13)8-5-6-12-9-4-2-1-3-7(8)9;1-2(3)4/h1-6H,(H2,11,13);1H3,(H,3,4). The molecule has 0 aliphatic carbocycles. The normalized spacial score (nSPS) is 9.24. The van der Waals surface area contributed by atoms with Crippen molar-refractivity contribution in [3.05, 3.63) is 42.1 Å². The molecule has 0 spiro atoms. The highest BCUT2D eigenvalue weighted by Crippen LogP contribution is 2.14. The van der Waals surface area contributed by atoms with Crippen LogP contribution in [0.25, 0.3) is 10.9 Å². The van der Waals surface area contributed by atoms with Crippen LogP contribution in [0.1, 0.15) is 17.3 Å². The molecule has 5 heteroatoms. The van der Waals surface area contributed by atoms with Gasteiger partial charge in [0, 0.05) is 18.5 Å². The molecule has 0 saturated heterocycles. The van der Waals surface area contributed by atoms with Gasteiger partial charge in [-0.2, -0.15) is 0 Å². The smallest absolute Gasteiger partial charge is 0.300 e. The predicted molar refractivity (Wildman–Crippen MR) is 63.6 cm³/mol. The average Bonchev–Trinajstić information content (AvgIpc) is 2.27. The van der Waals surface area contributed by atoms with Crippen LogP contribution in [0.5, 0.6) is 0 Å². The van der Waals surface area contributed by atoms with Gasteiger partial charge in [0.2, 0.25) is 5.91 Å². The van der Waals surface area contributed by atoms with E-state index in [0.717, 1.165) is 17.8 Å². The highest BCUT2D eigenvalue weighted by molar-refractivity contribution is 6.05. The van der Waals surface area contributed by atoms with Gasteiger partial charge in [-0.1, -0.05) is 18.2 Å². The summed E-state index contributed by atoms with van der Waals surface area (Å²) in [6, 6.07) is 9.05. The van der Waals surface area contributed by atoms with Crippen molar-refractivity contribution in [2.75, 3.05) is 0 Å². The van der Waals surface area contributed by atoms with Crippen LogP contribution in [-0.4, -0.2) is 22.0 Å². The fourth-order valence-corrected chi connectivity index (χ4v) is 1.31. The van der Waals surface area contributed by atoms with E-state index in [1.54, 1.807) is 12.3 Å². The van der Waals surface area contributed by atoms with Crippen LogP contribution in [0.3, 0.4) is 0 Å². The first kappa shape index (κ1) is 12.6. The topological polar surface area (TPSA) is 93.3 Å². The summed E-state index contributed by atoms with van der Waals surface area (Å²) in [5.74, 6) is -1.25. The lowest BCUT2D eigenvalue weighted by atomic mass is 10.1. The SMILES string of the molecule is CC(=O)O.NC(=O)c1ccnc2ccccc12. The van der Waals surface area contributed by atoms with Gasteiger partial charge in [0.25, 0.3) is 5.97 Å². The molecule has 17 heavy (non-hydrogen) atoms. The third kappa shape index (κ3) is 3.57. The molecule has 1 aromatic heterocycles. The third-order valence-electron chi connectivity index (χ3n) is 1.91. The molecule has 5 nitrogen and oxygen atoms in total. The van der Waals surface area contributed by atoms with Crippen LogP contribution in [0.15, 0.2) is 36.5 Å². The number of carboxylic acids is 1. The number of hydrogen-bond acceptors (Lipinski definition) is 3. The number of carboxylic acid groups (broad SMARTS) is 1. The summed E-state index contributed by atoms with van der Waals surface area (Å²) in [6.45, 7) is 1.08. The molecule has 1 amide bonds. The highest BCUT2D eigenvalue weighted by atomic mass is 16.4. The zero-order valence-corrected chi connectivity index (χ0v) is 9.25. The number of nitrogens with zero attached hydrogens (tertiary/aromatic N) is 1. The van der Waals surface area contributed by atoms with Gasteiger partial charge in [-0.3, -0.25) is 14.6 Å². The number of amides is 1. The highest BCUT2D eigenvalue weighted by Gasteiger charge is 2.04. The lowest BCUT2D eigenvalue weighted by Crippen LogP contribution is -2.11. The third-order valence-corrected chi connectivity index (χ3v) is 1.91. The first-order valence-electron chi connectivity index (χ1n) is 4.85. The van der Waals surface area contributed by atoms with Crippen molar-refractivity contribution in [3.63, 3.8) is 0 Å². The number of rotatable bonds is 1. The van der Waals surface area contributed by atoms with E-state index in [9.17, 15) is 4.79 Å². The van der Waals surface area contributed by atoms with Gasteiger partial charge in [-0.05, 0) is 12.1 Å². The van der Waals surface area contributed by atoms with Crippen LogP contribution >= 0.6 is 0 Å². The minimum absolute atomic E-state index is 0.418. The van der Waals surface area contributed by atoms with Crippen molar-refractivity contribution in [2.45, 2.75) is 6.92 Å². The molecule has 0 radical (unpaired) electrons. The number of fused-ring (bicyclic) bond motifs is 1. The molecular weight excluding hydrogens is 220 g/mol. The number of primary amides is 1. The number of nitrogens with two attached hydrogens (primary N) is 1. The summed E-state index contributed by atoms with van der Waals surface area (Å²) in [7, 11) is 0. The molecule has 0 bridgehead atoms. The average molecular weight is 232 g/mol. The van der Waals surface area contributed by atoms with Crippen LogP contribution < -0.4 is 5.73 Å². The van der Waals surface area contributed by atoms with Crippen LogP contribution in [0.4, 0.5) is 0 Å². The molecule has 1 aromatic carbocycles. The Labute approximate surface area is 97.9 Å². The van der Waals surface area contributed by atoms with Gasteiger partial charge in [0.15, 0.2) is 0 Å². The monoisotopic (exact) mass is 232 g/mol. The zero-order valence-electron chi connectivity index (χ0n) is 9.25. The van der Waals surface area contributed by atoms with Crippen molar-refractivity contribution in [1.82, 2.24) is 4.98 Å². The number of pyridine rings is 1. The summed E-state index contributed by atoms with van der Waals surface area (Å²) < 4.78 is 0. The summed E-state index contributed by atoms with van der Waals surface area (Å²) in [4.78, 5) is 24.1. The van der Waals surface area contributed by atoms with Gasteiger partial charge < -0.3 is 10.8 Å². The maximum absolute atomic E-state index is 11.0.